The van der Waals surface area contributed by atoms with Gasteiger partial charge in [-0.3, -0.25) is 9.59 Å². The van der Waals surface area contributed by atoms with Crippen molar-refractivity contribution in [3.63, 3.8) is 0 Å². The summed E-state index contributed by atoms with van der Waals surface area (Å²) in [6.07, 6.45) is 0. The maximum atomic E-state index is 14.5. The van der Waals surface area contributed by atoms with Crippen LogP contribution in [0.5, 0.6) is 11.5 Å². The second-order valence-corrected chi connectivity index (χ2v) is 7.88. The minimum atomic E-state index is -0.859. The number of rotatable bonds is 6. The predicted octanol–water partition coefficient (Wildman–Crippen LogP) is 5.08. The summed E-state index contributed by atoms with van der Waals surface area (Å²) in [5.41, 5.74) is 0.245. The smallest absolute Gasteiger partial charge is 0.326 e. The first kappa shape index (κ1) is 22.3. The van der Waals surface area contributed by atoms with E-state index in [4.69, 9.17) is 9.47 Å². The summed E-state index contributed by atoms with van der Waals surface area (Å²) < 4.78 is 40.3. The number of amides is 1. The normalized spacial score (nSPS) is 11.5. The zero-order valence-corrected chi connectivity index (χ0v) is 18.3. The zero-order chi connectivity index (χ0) is 23.4. The first-order valence-corrected chi connectivity index (χ1v) is 10.8. The van der Waals surface area contributed by atoms with Crippen molar-refractivity contribution in [2.24, 2.45) is 4.99 Å². The molecule has 0 aliphatic carbocycles. The Kier molecular flexibility index (Phi) is 6.60. The molecule has 4 rings (SSSR count). The fraction of sp³-hybridized carbons (Fsp3) is 0.125. The van der Waals surface area contributed by atoms with Crippen LogP contribution in [-0.4, -0.2) is 23.1 Å². The van der Waals surface area contributed by atoms with E-state index in [2.05, 4.69) is 4.99 Å². The highest BCUT2D eigenvalue weighted by Crippen LogP contribution is 2.23. The molecule has 0 fully saturated rings. The average molecular weight is 468 g/mol. The largest absolute Gasteiger partial charge is 0.465 e. The Balaban J connectivity index is 1.68. The Morgan fingerprint density at radius 1 is 1.00 bits per heavy atom. The van der Waals surface area contributed by atoms with Crippen molar-refractivity contribution < 1.29 is 27.8 Å². The molecule has 1 amide bonds. The van der Waals surface area contributed by atoms with Gasteiger partial charge >= 0.3 is 5.97 Å². The number of para-hydroxylation sites is 1. The van der Waals surface area contributed by atoms with Gasteiger partial charge in [0, 0.05) is 11.6 Å². The predicted molar refractivity (Wildman–Crippen MR) is 119 cm³/mol. The molecule has 6 nitrogen and oxygen atoms in total. The Labute approximate surface area is 191 Å². The van der Waals surface area contributed by atoms with Crippen LogP contribution < -0.4 is 9.54 Å². The van der Waals surface area contributed by atoms with Crippen molar-refractivity contribution in [1.29, 1.82) is 0 Å². The van der Waals surface area contributed by atoms with Crippen molar-refractivity contribution >= 4 is 33.4 Å². The Morgan fingerprint density at radius 2 is 1.70 bits per heavy atom. The fourth-order valence-electron chi connectivity index (χ4n) is 3.14. The van der Waals surface area contributed by atoms with Crippen LogP contribution in [0.25, 0.3) is 10.2 Å². The van der Waals surface area contributed by atoms with E-state index < -0.39 is 23.5 Å². The molecule has 9 heteroatoms. The molecule has 0 saturated heterocycles. The lowest BCUT2D eigenvalue weighted by Gasteiger charge is -2.06. The number of carbonyl (C=O) groups is 2. The van der Waals surface area contributed by atoms with Crippen LogP contribution in [0.1, 0.15) is 17.3 Å². The highest BCUT2D eigenvalue weighted by molar-refractivity contribution is 7.16. The number of nitrogens with zero attached hydrogens (tertiary/aromatic N) is 2. The summed E-state index contributed by atoms with van der Waals surface area (Å²) in [6.45, 7) is 1.41. The number of halogens is 2. The van der Waals surface area contributed by atoms with Gasteiger partial charge in [-0.25, -0.2) is 8.78 Å². The number of carbonyl (C=O) groups excluding carboxylic acids is 2. The number of hydrogen-bond acceptors (Lipinski definition) is 5. The van der Waals surface area contributed by atoms with Crippen LogP contribution in [0.2, 0.25) is 0 Å². The van der Waals surface area contributed by atoms with Gasteiger partial charge in [0.05, 0.1) is 16.8 Å². The summed E-state index contributed by atoms with van der Waals surface area (Å²) in [5.74, 6) is -1.67. The molecule has 0 atom stereocenters. The lowest BCUT2D eigenvalue weighted by atomic mass is 10.2. The maximum Gasteiger partial charge on any atom is 0.326 e. The van der Waals surface area contributed by atoms with E-state index in [0.29, 0.717) is 17.6 Å². The van der Waals surface area contributed by atoms with Crippen LogP contribution in [0, 0.1) is 11.6 Å². The number of hydrogen-bond donors (Lipinski definition) is 0. The van der Waals surface area contributed by atoms with E-state index in [1.165, 1.54) is 4.57 Å². The van der Waals surface area contributed by atoms with E-state index in [1.54, 1.807) is 43.3 Å². The van der Waals surface area contributed by atoms with Gasteiger partial charge in [0.2, 0.25) is 0 Å². The quantitative estimate of drug-likeness (QED) is 0.370. The standard InChI is InChI=1S/C24H18F2N2O4S/c1-2-31-21(29)14-28-22-19(26)12-16(25)13-20(22)33-24(28)27-23(30)15-8-10-18(11-9-15)32-17-6-4-3-5-7-17/h3-13H,2,14H2,1H3. The fourth-order valence-corrected chi connectivity index (χ4v) is 4.21. The summed E-state index contributed by atoms with van der Waals surface area (Å²) in [7, 11) is 0. The minimum Gasteiger partial charge on any atom is -0.465 e. The van der Waals surface area contributed by atoms with Gasteiger partial charge in [0.1, 0.15) is 23.9 Å². The molecule has 0 aliphatic heterocycles. The van der Waals surface area contributed by atoms with Crippen molar-refractivity contribution in [1.82, 2.24) is 4.57 Å². The summed E-state index contributed by atoms with van der Waals surface area (Å²) in [5, 5.41) is 0. The summed E-state index contributed by atoms with van der Waals surface area (Å²) in [4.78, 5) is 29.0. The lowest BCUT2D eigenvalue weighted by molar-refractivity contribution is -0.143. The minimum absolute atomic E-state index is 0.0207. The van der Waals surface area contributed by atoms with Crippen LogP contribution in [0.4, 0.5) is 8.78 Å². The molecule has 168 valence electrons. The van der Waals surface area contributed by atoms with Gasteiger partial charge in [-0.2, -0.15) is 4.99 Å². The van der Waals surface area contributed by atoms with Crippen LogP contribution in [0.15, 0.2) is 71.7 Å². The number of esters is 1. The van der Waals surface area contributed by atoms with Crippen molar-refractivity contribution in [3.05, 3.63) is 88.7 Å². The number of ether oxygens (including phenoxy) is 2. The highest BCUT2D eigenvalue weighted by atomic mass is 32.1. The molecule has 3 aromatic carbocycles. The van der Waals surface area contributed by atoms with Crippen LogP contribution in [0.3, 0.4) is 0 Å². The molecule has 1 aromatic heterocycles. The van der Waals surface area contributed by atoms with E-state index in [1.807, 2.05) is 18.2 Å². The van der Waals surface area contributed by atoms with Crippen LogP contribution in [-0.2, 0) is 16.1 Å². The average Bonchev–Trinajstić information content (AvgIpc) is 3.11. The molecule has 1 heterocycles. The van der Waals surface area contributed by atoms with Crippen LogP contribution >= 0.6 is 11.3 Å². The summed E-state index contributed by atoms with van der Waals surface area (Å²) >= 11 is 0.903. The summed E-state index contributed by atoms with van der Waals surface area (Å²) in [6, 6.07) is 17.4. The third-order valence-electron chi connectivity index (χ3n) is 4.57. The molecule has 0 radical (unpaired) electrons. The highest BCUT2D eigenvalue weighted by Gasteiger charge is 2.17. The topological polar surface area (TPSA) is 69.9 Å². The molecule has 4 aromatic rings. The SMILES string of the molecule is CCOC(=O)Cn1c(=NC(=O)c2ccc(Oc3ccccc3)cc2)sc2cc(F)cc(F)c21. The maximum absolute atomic E-state index is 14.5. The first-order valence-electron chi connectivity index (χ1n) is 10.0. The monoisotopic (exact) mass is 468 g/mol. The second kappa shape index (κ2) is 9.74. The van der Waals surface area contributed by atoms with E-state index in [0.717, 1.165) is 17.4 Å². The number of benzene rings is 3. The Morgan fingerprint density at radius 3 is 2.39 bits per heavy atom. The van der Waals surface area contributed by atoms with Gasteiger partial charge in [-0.05, 0) is 49.4 Å². The third kappa shape index (κ3) is 5.15. The van der Waals surface area contributed by atoms with Gasteiger partial charge in [-0.1, -0.05) is 29.5 Å². The van der Waals surface area contributed by atoms with Gasteiger partial charge in [0.15, 0.2) is 10.6 Å². The lowest BCUT2D eigenvalue weighted by Crippen LogP contribution is -2.23. The zero-order valence-electron chi connectivity index (χ0n) is 17.5. The first-order chi connectivity index (χ1) is 15.9. The molecular weight excluding hydrogens is 450 g/mol. The van der Waals surface area contributed by atoms with Gasteiger partial charge in [-0.15, -0.1) is 0 Å². The molecule has 0 saturated carbocycles. The third-order valence-corrected chi connectivity index (χ3v) is 5.59. The molecule has 33 heavy (non-hydrogen) atoms. The Hall–Kier alpha value is -3.85. The molecule has 0 bridgehead atoms. The van der Waals surface area contributed by atoms with E-state index in [-0.39, 0.29) is 33.7 Å². The molecule has 0 unspecified atom stereocenters. The van der Waals surface area contributed by atoms with E-state index >= 15 is 0 Å². The molecule has 0 N–H and O–H groups in total. The number of fused-ring (bicyclic) bond motifs is 1. The van der Waals surface area contributed by atoms with Crippen molar-refractivity contribution in [2.45, 2.75) is 13.5 Å². The Bertz CT molecular complexity index is 1380. The second-order valence-electron chi connectivity index (χ2n) is 6.87. The molecular formula is C24H18F2N2O4S. The van der Waals surface area contributed by atoms with E-state index in [9.17, 15) is 18.4 Å². The van der Waals surface area contributed by atoms with Gasteiger partial charge in [0.25, 0.3) is 5.91 Å². The molecule has 0 spiro atoms. The number of thiazole rings is 1. The van der Waals surface area contributed by atoms with Crippen molar-refractivity contribution in [3.8, 4) is 11.5 Å². The van der Waals surface area contributed by atoms with Gasteiger partial charge < -0.3 is 14.0 Å². The number of aromatic nitrogens is 1. The molecule has 0 aliphatic rings. The van der Waals surface area contributed by atoms with Crippen molar-refractivity contribution in [2.75, 3.05) is 6.61 Å².